The van der Waals surface area contributed by atoms with E-state index in [0.717, 1.165) is 6.07 Å². The summed E-state index contributed by atoms with van der Waals surface area (Å²) in [4.78, 5) is 11.1. The lowest BCUT2D eigenvalue weighted by molar-refractivity contribution is -0.143. The van der Waals surface area contributed by atoms with Gasteiger partial charge in [0.25, 0.3) is 5.92 Å². The van der Waals surface area contributed by atoms with E-state index in [-0.39, 0.29) is 5.75 Å². The molecule has 0 heterocycles. The van der Waals surface area contributed by atoms with Crippen molar-refractivity contribution < 1.29 is 27.8 Å². The van der Waals surface area contributed by atoms with Gasteiger partial charge in [-0.25, -0.2) is 13.2 Å². The van der Waals surface area contributed by atoms with Gasteiger partial charge >= 0.3 is 5.97 Å². The van der Waals surface area contributed by atoms with Crippen LogP contribution in [0.1, 0.15) is 17.5 Å². The summed E-state index contributed by atoms with van der Waals surface area (Å²) in [6.07, 6.45) is -0.911. The monoisotopic (exact) mass is 260 g/mol. The Labute approximate surface area is 101 Å². The van der Waals surface area contributed by atoms with Crippen LogP contribution in [0.5, 0.6) is 5.75 Å². The van der Waals surface area contributed by atoms with E-state index in [9.17, 15) is 18.0 Å². The standard InChI is InChI=1S/C12H11F3O3/c1-6-3-7(13)9(8(4-6)18-2)11(10(16)17)5-12(11,14)15/h3-4H,5H2,1-2H3,(H,16,17). The third-order valence-corrected chi connectivity index (χ3v) is 3.20. The number of rotatable bonds is 3. The average molecular weight is 260 g/mol. The Morgan fingerprint density at radius 1 is 1.44 bits per heavy atom. The number of alkyl halides is 2. The van der Waals surface area contributed by atoms with Gasteiger partial charge in [0.2, 0.25) is 0 Å². The predicted molar refractivity (Wildman–Crippen MR) is 56.6 cm³/mol. The molecule has 1 atom stereocenters. The van der Waals surface area contributed by atoms with Crippen molar-refractivity contribution >= 4 is 5.97 Å². The second kappa shape index (κ2) is 3.63. The van der Waals surface area contributed by atoms with Crippen molar-refractivity contribution in [1.82, 2.24) is 0 Å². The molecule has 1 aliphatic carbocycles. The first-order valence-electron chi connectivity index (χ1n) is 5.22. The first-order valence-corrected chi connectivity index (χ1v) is 5.22. The van der Waals surface area contributed by atoms with Crippen LogP contribution in [0.4, 0.5) is 13.2 Å². The lowest BCUT2D eigenvalue weighted by Crippen LogP contribution is -2.29. The first kappa shape index (κ1) is 12.7. The Bertz CT molecular complexity index is 528. The van der Waals surface area contributed by atoms with Gasteiger partial charge in [-0.3, -0.25) is 4.79 Å². The molecule has 0 aromatic heterocycles. The largest absolute Gasteiger partial charge is 0.496 e. The molecule has 0 bridgehead atoms. The zero-order chi connectivity index (χ0) is 13.7. The van der Waals surface area contributed by atoms with Gasteiger partial charge in [-0.2, -0.15) is 0 Å². The summed E-state index contributed by atoms with van der Waals surface area (Å²) in [5.41, 5.74) is -2.61. The minimum atomic E-state index is -3.46. The van der Waals surface area contributed by atoms with Crippen LogP contribution >= 0.6 is 0 Å². The number of benzene rings is 1. The van der Waals surface area contributed by atoms with E-state index >= 15 is 0 Å². The highest BCUT2D eigenvalue weighted by atomic mass is 19.3. The number of carboxylic acid groups (broad SMARTS) is 1. The number of ether oxygens (including phenoxy) is 1. The van der Waals surface area contributed by atoms with E-state index in [0.29, 0.717) is 5.56 Å². The highest BCUT2D eigenvalue weighted by Crippen LogP contribution is 2.64. The van der Waals surface area contributed by atoms with Crippen molar-refractivity contribution in [3.05, 3.63) is 29.1 Å². The van der Waals surface area contributed by atoms with Gasteiger partial charge in [-0.05, 0) is 24.6 Å². The minimum absolute atomic E-state index is 0.160. The van der Waals surface area contributed by atoms with Crippen LogP contribution in [-0.2, 0) is 10.2 Å². The molecule has 0 saturated heterocycles. The van der Waals surface area contributed by atoms with Gasteiger partial charge in [0.1, 0.15) is 11.6 Å². The summed E-state index contributed by atoms with van der Waals surface area (Å²) in [6, 6.07) is 2.37. The molecule has 2 rings (SSSR count). The zero-order valence-corrected chi connectivity index (χ0v) is 9.76. The molecule has 1 aromatic rings. The van der Waals surface area contributed by atoms with Crippen LogP contribution in [-0.4, -0.2) is 24.1 Å². The molecule has 1 saturated carbocycles. The Kier molecular flexibility index (Phi) is 2.57. The van der Waals surface area contributed by atoms with Crippen LogP contribution in [0.15, 0.2) is 12.1 Å². The second-order valence-electron chi connectivity index (χ2n) is 4.42. The number of hydrogen-bond acceptors (Lipinski definition) is 2. The van der Waals surface area contributed by atoms with Crippen molar-refractivity contribution in [2.75, 3.05) is 7.11 Å². The number of aryl methyl sites for hydroxylation is 1. The Morgan fingerprint density at radius 2 is 2.00 bits per heavy atom. The lowest BCUT2D eigenvalue weighted by Gasteiger charge is -2.17. The van der Waals surface area contributed by atoms with Crippen LogP contribution in [0, 0.1) is 12.7 Å². The maximum atomic E-state index is 13.9. The molecule has 1 fully saturated rings. The number of aliphatic carboxylic acids is 1. The van der Waals surface area contributed by atoms with E-state index in [1.54, 1.807) is 6.92 Å². The van der Waals surface area contributed by atoms with Gasteiger partial charge in [0.15, 0.2) is 5.41 Å². The molecule has 0 amide bonds. The molecular formula is C12H11F3O3. The molecule has 1 aromatic carbocycles. The summed E-state index contributed by atoms with van der Waals surface area (Å²) < 4.78 is 45.5. The van der Waals surface area contributed by atoms with Crippen molar-refractivity contribution in [2.45, 2.75) is 24.7 Å². The molecule has 3 nitrogen and oxygen atoms in total. The fraction of sp³-hybridized carbons (Fsp3) is 0.417. The zero-order valence-electron chi connectivity index (χ0n) is 9.76. The predicted octanol–water partition coefficient (Wildman–Crippen LogP) is 2.50. The van der Waals surface area contributed by atoms with Gasteiger partial charge in [0.05, 0.1) is 12.7 Å². The molecule has 1 aliphatic rings. The SMILES string of the molecule is COc1cc(C)cc(F)c1C1(C(=O)O)CC1(F)F. The Hall–Kier alpha value is -1.72. The highest BCUT2D eigenvalue weighted by molar-refractivity contribution is 5.89. The van der Waals surface area contributed by atoms with E-state index in [1.807, 2.05) is 0 Å². The van der Waals surface area contributed by atoms with Crippen LogP contribution < -0.4 is 4.74 Å². The Morgan fingerprint density at radius 3 is 2.39 bits per heavy atom. The molecular weight excluding hydrogens is 249 g/mol. The maximum absolute atomic E-state index is 13.9. The molecule has 0 radical (unpaired) electrons. The molecule has 98 valence electrons. The van der Waals surface area contributed by atoms with Crippen molar-refractivity contribution in [3.8, 4) is 5.75 Å². The van der Waals surface area contributed by atoms with E-state index in [2.05, 4.69) is 0 Å². The summed E-state index contributed by atoms with van der Waals surface area (Å²) in [5, 5.41) is 9.00. The summed E-state index contributed by atoms with van der Waals surface area (Å²) in [7, 11) is 1.19. The second-order valence-corrected chi connectivity index (χ2v) is 4.42. The topological polar surface area (TPSA) is 46.5 Å². The van der Waals surface area contributed by atoms with Crippen LogP contribution in [0.25, 0.3) is 0 Å². The first-order chi connectivity index (χ1) is 8.26. The van der Waals surface area contributed by atoms with Gasteiger partial charge in [0, 0.05) is 6.42 Å². The maximum Gasteiger partial charge on any atom is 0.320 e. The van der Waals surface area contributed by atoms with Gasteiger partial charge < -0.3 is 9.84 Å². The molecule has 18 heavy (non-hydrogen) atoms. The van der Waals surface area contributed by atoms with Crippen LogP contribution in [0.2, 0.25) is 0 Å². The quantitative estimate of drug-likeness (QED) is 0.908. The average Bonchev–Trinajstić information content (AvgIpc) is 2.81. The third-order valence-electron chi connectivity index (χ3n) is 3.20. The lowest BCUT2D eigenvalue weighted by atomic mass is 9.92. The molecule has 6 heteroatoms. The van der Waals surface area contributed by atoms with E-state index < -0.39 is 35.1 Å². The summed E-state index contributed by atoms with van der Waals surface area (Å²) in [6.45, 7) is 1.56. The van der Waals surface area contributed by atoms with E-state index in [1.165, 1.54) is 13.2 Å². The highest BCUT2D eigenvalue weighted by Gasteiger charge is 2.79. The minimum Gasteiger partial charge on any atom is -0.496 e. The Balaban J connectivity index is 2.68. The molecule has 1 N–H and O–H groups in total. The fourth-order valence-electron chi connectivity index (χ4n) is 2.18. The van der Waals surface area contributed by atoms with Crippen LogP contribution in [0.3, 0.4) is 0 Å². The fourth-order valence-corrected chi connectivity index (χ4v) is 2.18. The normalized spacial score (nSPS) is 24.7. The van der Waals surface area contributed by atoms with Gasteiger partial charge in [-0.15, -0.1) is 0 Å². The molecule has 1 unspecified atom stereocenters. The summed E-state index contributed by atoms with van der Waals surface area (Å²) in [5.74, 6) is -6.34. The number of carboxylic acids is 1. The molecule has 0 aliphatic heterocycles. The number of methoxy groups -OCH3 is 1. The number of halogens is 3. The third kappa shape index (κ3) is 1.48. The molecule has 0 spiro atoms. The van der Waals surface area contributed by atoms with Crippen molar-refractivity contribution in [3.63, 3.8) is 0 Å². The van der Waals surface area contributed by atoms with Gasteiger partial charge in [-0.1, -0.05) is 0 Å². The van der Waals surface area contributed by atoms with Crippen molar-refractivity contribution in [1.29, 1.82) is 0 Å². The number of hydrogen-bond donors (Lipinski definition) is 1. The smallest absolute Gasteiger partial charge is 0.320 e. The van der Waals surface area contributed by atoms with Crippen molar-refractivity contribution in [2.24, 2.45) is 0 Å². The summed E-state index contributed by atoms with van der Waals surface area (Å²) >= 11 is 0. The number of carbonyl (C=O) groups is 1. The van der Waals surface area contributed by atoms with E-state index in [4.69, 9.17) is 9.84 Å².